The highest BCUT2D eigenvalue weighted by molar-refractivity contribution is 5.95. The third-order valence-corrected chi connectivity index (χ3v) is 6.30. The summed E-state index contributed by atoms with van der Waals surface area (Å²) in [5, 5.41) is 7.18. The van der Waals surface area contributed by atoms with Gasteiger partial charge in [0.2, 0.25) is 0 Å². The Kier molecular flexibility index (Phi) is 6.89. The Morgan fingerprint density at radius 1 is 0.872 bits per heavy atom. The molecule has 2 aromatic heterocycles. The lowest BCUT2D eigenvalue weighted by Gasteiger charge is -2.18. The molecule has 5 rings (SSSR count). The lowest BCUT2D eigenvalue weighted by Crippen LogP contribution is -2.33. The molecule has 0 spiro atoms. The first-order chi connectivity index (χ1) is 18.7. The number of halogens is 3. The number of pyridine rings is 1. The van der Waals surface area contributed by atoms with E-state index in [4.69, 9.17) is 0 Å². The fourth-order valence-corrected chi connectivity index (χ4v) is 4.36. The molecule has 9 heteroatoms. The lowest BCUT2D eigenvalue weighted by molar-refractivity contribution is -0.137. The van der Waals surface area contributed by atoms with Crippen molar-refractivity contribution in [3.8, 4) is 22.5 Å². The van der Waals surface area contributed by atoms with E-state index in [2.05, 4.69) is 10.4 Å². The van der Waals surface area contributed by atoms with Gasteiger partial charge in [-0.15, -0.1) is 0 Å². The first-order valence-electron chi connectivity index (χ1n) is 12.1. The van der Waals surface area contributed by atoms with Crippen LogP contribution in [0.4, 0.5) is 13.2 Å². The van der Waals surface area contributed by atoms with Crippen molar-refractivity contribution in [3.05, 3.63) is 136 Å². The van der Waals surface area contributed by atoms with Crippen molar-refractivity contribution in [1.29, 1.82) is 0 Å². The van der Waals surface area contributed by atoms with Gasteiger partial charge in [-0.05, 0) is 55.0 Å². The zero-order chi connectivity index (χ0) is 27.6. The predicted molar refractivity (Wildman–Crippen MR) is 142 cm³/mol. The van der Waals surface area contributed by atoms with Gasteiger partial charge in [0.15, 0.2) is 0 Å². The van der Waals surface area contributed by atoms with Crippen LogP contribution in [0.1, 0.15) is 27.3 Å². The van der Waals surface area contributed by atoms with Gasteiger partial charge in [0.05, 0.1) is 23.5 Å². The molecule has 0 fully saturated rings. The average molecular weight is 529 g/mol. The number of aromatic nitrogens is 3. The predicted octanol–water partition coefficient (Wildman–Crippen LogP) is 5.95. The summed E-state index contributed by atoms with van der Waals surface area (Å²) < 4.78 is 43.2. The van der Waals surface area contributed by atoms with Crippen LogP contribution in [0, 0.1) is 6.92 Å². The quantitative estimate of drug-likeness (QED) is 0.296. The summed E-state index contributed by atoms with van der Waals surface area (Å²) in [5.41, 5.74) is 1.29. The van der Waals surface area contributed by atoms with Gasteiger partial charge in [-0.25, -0.2) is 4.68 Å². The highest BCUT2D eigenvalue weighted by Crippen LogP contribution is 2.31. The molecule has 196 valence electrons. The standard InChI is InChI=1S/C30H23F3N4O2/c1-20-26(21-9-4-2-5-10-21)18-27(29(39)37(20)25-14-8-11-22(17-25)30(31,32)33)28(38)34-19-23-15-16-36(35-23)24-12-6-3-7-13-24/h2-18H,19H2,1H3,(H,34,38). The van der Waals surface area contributed by atoms with Crippen molar-refractivity contribution in [1.82, 2.24) is 19.7 Å². The van der Waals surface area contributed by atoms with Gasteiger partial charge in [-0.3, -0.25) is 14.2 Å². The van der Waals surface area contributed by atoms with Crippen molar-refractivity contribution >= 4 is 5.91 Å². The van der Waals surface area contributed by atoms with Crippen molar-refractivity contribution in [2.24, 2.45) is 0 Å². The van der Waals surface area contributed by atoms with E-state index in [-0.39, 0.29) is 17.8 Å². The summed E-state index contributed by atoms with van der Waals surface area (Å²) in [4.78, 5) is 26.9. The van der Waals surface area contributed by atoms with Crippen LogP contribution < -0.4 is 10.9 Å². The van der Waals surface area contributed by atoms with Gasteiger partial charge in [0.1, 0.15) is 5.56 Å². The second kappa shape index (κ2) is 10.4. The second-order valence-corrected chi connectivity index (χ2v) is 8.88. The fraction of sp³-hybridized carbons (Fsp3) is 0.100. The Labute approximate surface area is 222 Å². The molecule has 1 amide bonds. The Balaban J connectivity index is 1.53. The number of hydrogen-bond acceptors (Lipinski definition) is 3. The first kappa shape index (κ1) is 25.7. The molecule has 0 atom stereocenters. The van der Waals surface area contributed by atoms with Gasteiger partial charge >= 0.3 is 6.18 Å². The Bertz CT molecular complexity index is 1690. The summed E-state index contributed by atoms with van der Waals surface area (Å²) in [5.74, 6) is -0.660. The molecule has 0 aliphatic rings. The zero-order valence-electron chi connectivity index (χ0n) is 20.8. The number of para-hydroxylation sites is 1. The summed E-state index contributed by atoms with van der Waals surface area (Å²) in [6.07, 6.45) is -2.83. The van der Waals surface area contributed by atoms with Crippen molar-refractivity contribution in [2.75, 3.05) is 0 Å². The molecular weight excluding hydrogens is 505 g/mol. The van der Waals surface area contributed by atoms with E-state index in [0.29, 0.717) is 22.5 Å². The molecular formula is C30H23F3N4O2. The number of amides is 1. The molecule has 0 aliphatic carbocycles. The molecule has 39 heavy (non-hydrogen) atoms. The van der Waals surface area contributed by atoms with Crippen LogP contribution in [0.25, 0.3) is 22.5 Å². The third kappa shape index (κ3) is 5.38. The van der Waals surface area contributed by atoms with E-state index in [9.17, 15) is 22.8 Å². The third-order valence-electron chi connectivity index (χ3n) is 6.30. The minimum absolute atomic E-state index is 0.0146. The number of hydrogen-bond donors (Lipinski definition) is 1. The number of carbonyl (C=O) groups excluding carboxylic acids is 1. The normalized spacial score (nSPS) is 11.4. The summed E-state index contributed by atoms with van der Waals surface area (Å²) in [6, 6.07) is 26.2. The molecule has 0 unspecified atom stereocenters. The smallest absolute Gasteiger partial charge is 0.346 e. The molecule has 3 aromatic carbocycles. The van der Waals surface area contributed by atoms with Crippen molar-refractivity contribution < 1.29 is 18.0 Å². The summed E-state index contributed by atoms with van der Waals surface area (Å²) >= 11 is 0. The maximum Gasteiger partial charge on any atom is 0.416 e. The monoisotopic (exact) mass is 528 g/mol. The Hall–Kier alpha value is -4.92. The molecule has 6 nitrogen and oxygen atoms in total. The largest absolute Gasteiger partial charge is 0.416 e. The van der Waals surface area contributed by atoms with Gasteiger partial charge in [0.25, 0.3) is 11.5 Å². The number of nitrogens with zero attached hydrogens (tertiary/aromatic N) is 3. The van der Waals surface area contributed by atoms with E-state index < -0.39 is 23.2 Å². The van der Waals surface area contributed by atoms with Gasteiger partial charge in [0, 0.05) is 23.1 Å². The van der Waals surface area contributed by atoms with Gasteiger partial charge in [-0.2, -0.15) is 18.3 Å². The van der Waals surface area contributed by atoms with Crippen LogP contribution in [0.3, 0.4) is 0 Å². The van der Waals surface area contributed by atoms with E-state index in [1.165, 1.54) is 18.2 Å². The fourth-order valence-electron chi connectivity index (χ4n) is 4.36. The van der Waals surface area contributed by atoms with Gasteiger partial charge < -0.3 is 5.32 Å². The molecule has 0 saturated carbocycles. The van der Waals surface area contributed by atoms with Crippen LogP contribution in [0.15, 0.2) is 108 Å². The average Bonchev–Trinajstić information content (AvgIpc) is 3.42. The SMILES string of the molecule is Cc1c(-c2ccccc2)cc(C(=O)NCc2ccn(-c3ccccc3)n2)c(=O)n1-c1cccc(C(F)(F)F)c1. The van der Waals surface area contributed by atoms with E-state index >= 15 is 0 Å². The van der Waals surface area contributed by atoms with Gasteiger partial charge in [-0.1, -0.05) is 54.6 Å². The zero-order valence-corrected chi connectivity index (χ0v) is 20.8. The lowest BCUT2D eigenvalue weighted by atomic mass is 10.0. The maximum atomic E-state index is 13.6. The second-order valence-electron chi connectivity index (χ2n) is 8.88. The van der Waals surface area contributed by atoms with Crippen LogP contribution in [0.2, 0.25) is 0 Å². The van der Waals surface area contributed by atoms with Crippen LogP contribution >= 0.6 is 0 Å². The van der Waals surface area contributed by atoms with E-state index in [1.807, 2.05) is 36.4 Å². The molecule has 1 N–H and O–H groups in total. The highest BCUT2D eigenvalue weighted by atomic mass is 19.4. The molecule has 0 aliphatic heterocycles. The highest BCUT2D eigenvalue weighted by Gasteiger charge is 2.31. The maximum absolute atomic E-state index is 13.6. The van der Waals surface area contributed by atoms with Crippen molar-refractivity contribution in [2.45, 2.75) is 19.6 Å². The number of alkyl halides is 3. The van der Waals surface area contributed by atoms with Crippen LogP contribution in [-0.2, 0) is 12.7 Å². The summed E-state index contributed by atoms with van der Waals surface area (Å²) in [7, 11) is 0. The van der Waals surface area contributed by atoms with Crippen LogP contribution in [0.5, 0.6) is 0 Å². The number of rotatable bonds is 6. The number of nitrogens with one attached hydrogen (secondary N) is 1. The minimum Gasteiger partial charge on any atom is -0.346 e. The molecule has 0 saturated heterocycles. The number of benzene rings is 3. The molecule has 2 heterocycles. The van der Waals surface area contributed by atoms with Crippen LogP contribution in [-0.4, -0.2) is 20.3 Å². The van der Waals surface area contributed by atoms with E-state index in [0.717, 1.165) is 22.4 Å². The molecule has 5 aromatic rings. The number of carbonyl (C=O) groups is 1. The Morgan fingerprint density at radius 2 is 1.54 bits per heavy atom. The first-order valence-corrected chi connectivity index (χ1v) is 12.1. The molecule has 0 radical (unpaired) electrons. The Morgan fingerprint density at radius 3 is 2.23 bits per heavy atom. The van der Waals surface area contributed by atoms with Crippen molar-refractivity contribution in [3.63, 3.8) is 0 Å². The van der Waals surface area contributed by atoms with E-state index in [1.54, 1.807) is 48.1 Å². The summed E-state index contributed by atoms with van der Waals surface area (Å²) in [6.45, 7) is 1.69. The minimum atomic E-state index is -4.59. The molecule has 0 bridgehead atoms. The topological polar surface area (TPSA) is 68.9 Å².